The average Bonchev–Trinajstić information content (AvgIpc) is 3.14. The summed E-state index contributed by atoms with van der Waals surface area (Å²) in [6, 6.07) is 22.2. The van der Waals surface area contributed by atoms with Crippen LogP contribution < -0.4 is 5.32 Å². The van der Waals surface area contributed by atoms with E-state index in [-0.39, 0.29) is 0 Å². The molecule has 0 aliphatic rings. The number of nitrogens with one attached hydrogen (secondary N) is 1. The van der Waals surface area contributed by atoms with Gasteiger partial charge in [-0.1, -0.05) is 24.3 Å². The summed E-state index contributed by atoms with van der Waals surface area (Å²) >= 11 is 0. The van der Waals surface area contributed by atoms with Crippen LogP contribution in [0.2, 0.25) is 0 Å². The summed E-state index contributed by atoms with van der Waals surface area (Å²) in [7, 11) is 2.04. The third-order valence-electron chi connectivity index (χ3n) is 5.10. The number of aromatic nitrogens is 3. The molecule has 5 heteroatoms. The smallest absolute Gasteiger partial charge is 0.101 e. The molecule has 3 aromatic carbocycles. The third-order valence-corrected chi connectivity index (χ3v) is 5.10. The van der Waals surface area contributed by atoms with Gasteiger partial charge in [0.15, 0.2) is 0 Å². The quantitative estimate of drug-likeness (QED) is 0.458. The number of rotatable bonds is 3. The molecule has 0 aliphatic carbocycles. The molecule has 0 bridgehead atoms. The van der Waals surface area contributed by atoms with E-state index < -0.39 is 0 Å². The lowest BCUT2D eigenvalue weighted by atomic mass is 10.0. The van der Waals surface area contributed by atoms with Gasteiger partial charge in [0.05, 0.1) is 22.3 Å². The number of hydrogen-bond acceptors (Lipinski definition) is 4. The Hall–Kier alpha value is -4.17. The molecular weight excluding hydrogens is 358 g/mol. The minimum Gasteiger partial charge on any atom is -0.354 e. The number of benzene rings is 3. The zero-order chi connectivity index (χ0) is 19.8. The van der Waals surface area contributed by atoms with Gasteiger partial charge in [-0.3, -0.25) is 9.97 Å². The molecule has 0 atom stereocenters. The van der Waals surface area contributed by atoms with E-state index in [0.717, 1.165) is 39.1 Å². The van der Waals surface area contributed by atoms with Crippen LogP contribution in [0.25, 0.3) is 33.1 Å². The van der Waals surface area contributed by atoms with Crippen LogP contribution in [0.1, 0.15) is 5.56 Å². The Bertz CT molecular complexity index is 1410. The monoisotopic (exact) mass is 375 g/mol. The van der Waals surface area contributed by atoms with Crippen molar-refractivity contribution >= 4 is 33.3 Å². The molecule has 0 fully saturated rings. The largest absolute Gasteiger partial charge is 0.354 e. The van der Waals surface area contributed by atoms with Crippen molar-refractivity contribution in [3.8, 4) is 17.2 Å². The molecule has 0 saturated heterocycles. The van der Waals surface area contributed by atoms with E-state index in [0.29, 0.717) is 5.56 Å². The van der Waals surface area contributed by atoms with E-state index in [9.17, 15) is 5.26 Å². The fourth-order valence-corrected chi connectivity index (χ4v) is 3.64. The van der Waals surface area contributed by atoms with Crippen LogP contribution in [0.3, 0.4) is 0 Å². The molecule has 0 radical (unpaired) electrons. The maximum Gasteiger partial charge on any atom is 0.101 e. The second-order valence-electron chi connectivity index (χ2n) is 6.93. The maximum absolute atomic E-state index is 9.39. The van der Waals surface area contributed by atoms with E-state index in [1.54, 1.807) is 18.5 Å². The molecular formula is C24H17N5. The highest BCUT2D eigenvalue weighted by atomic mass is 14.9. The molecule has 5 nitrogen and oxygen atoms in total. The van der Waals surface area contributed by atoms with Gasteiger partial charge in [0.1, 0.15) is 6.07 Å². The van der Waals surface area contributed by atoms with Gasteiger partial charge in [-0.15, -0.1) is 0 Å². The van der Waals surface area contributed by atoms with Crippen LogP contribution in [0, 0.1) is 11.3 Å². The maximum atomic E-state index is 9.39. The molecule has 0 spiro atoms. The number of fused-ring (bicyclic) bond motifs is 2. The lowest BCUT2D eigenvalue weighted by Gasteiger charge is -2.13. The zero-order valence-electron chi connectivity index (χ0n) is 15.8. The van der Waals surface area contributed by atoms with Crippen LogP contribution in [-0.4, -0.2) is 14.5 Å². The van der Waals surface area contributed by atoms with Crippen molar-refractivity contribution in [3.63, 3.8) is 0 Å². The first-order chi connectivity index (χ1) is 14.2. The van der Waals surface area contributed by atoms with Crippen LogP contribution in [0.5, 0.6) is 0 Å². The van der Waals surface area contributed by atoms with Gasteiger partial charge in [-0.2, -0.15) is 5.26 Å². The fourth-order valence-electron chi connectivity index (χ4n) is 3.64. The van der Waals surface area contributed by atoms with E-state index >= 15 is 0 Å². The number of aryl methyl sites for hydroxylation is 1. The van der Waals surface area contributed by atoms with E-state index in [2.05, 4.69) is 62.4 Å². The molecule has 0 saturated carbocycles. The number of nitriles is 1. The predicted octanol–water partition coefficient (Wildman–Crippen LogP) is 5.40. The van der Waals surface area contributed by atoms with Crippen LogP contribution in [0.4, 0.5) is 11.4 Å². The number of para-hydroxylation sites is 1. The van der Waals surface area contributed by atoms with Crippen molar-refractivity contribution < 1.29 is 0 Å². The Balaban J connectivity index is 1.70. The zero-order valence-corrected chi connectivity index (χ0v) is 15.8. The normalized spacial score (nSPS) is 10.9. The predicted molar refractivity (Wildman–Crippen MR) is 116 cm³/mol. The highest BCUT2D eigenvalue weighted by Gasteiger charge is 2.11. The number of hydrogen-bond donors (Lipinski definition) is 1. The molecule has 5 rings (SSSR count). The first-order valence-corrected chi connectivity index (χ1v) is 9.29. The third kappa shape index (κ3) is 2.97. The Morgan fingerprint density at radius 3 is 2.72 bits per heavy atom. The van der Waals surface area contributed by atoms with Gasteiger partial charge >= 0.3 is 0 Å². The van der Waals surface area contributed by atoms with Crippen molar-refractivity contribution in [1.82, 2.24) is 14.5 Å². The summed E-state index contributed by atoms with van der Waals surface area (Å²) in [5.74, 6) is 0. The summed E-state index contributed by atoms with van der Waals surface area (Å²) in [5.41, 5.74) is 7.10. The van der Waals surface area contributed by atoms with Gasteiger partial charge < -0.3 is 9.88 Å². The van der Waals surface area contributed by atoms with Gasteiger partial charge in [0.25, 0.3) is 0 Å². The summed E-state index contributed by atoms with van der Waals surface area (Å²) in [6.07, 6.45) is 5.47. The van der Waals surface area contributed by atoms with Crippen molar-refractivity contribution in [2.75, 3.05) is 5.32 Å². The lowest BCUT2D eigenvalue weighted by molar-refractivity contribution is 0.969. The summed E-state index contributed by atoms with van der Waals surface area (Å²) in [6.45, 7) is 0. The minimum atomic E-state index is 0.596. The number of nitrogens with zero attached hydrogens (tertiary/aromatic N) is 4. The van der Waals surface area contributed by atoms with Crippen molar-refractivity contribution in [2.24, 2.45) is 7.05 Å². The van der Waals surface area contributed by atoms with E-state index in [4.69, 9.17) is 0 Å². The molecule has 0 amide bonds. The minimum absolute atomic E-state index is 0.596. The van der Waals surface area contributed by atoms with Gasteiger partial charge in [0.2, 0.25) is 0 Å². The first-order valence-electron chi connectivity index (χ1n) is 9.29. The van der Waals surface area contributed by atoms with E-state index in [1.165, 1.54) is 5.39 Å². The number of anilines is 2. The van der Waals surface area contributed by atoms with Gasteiger partial charge in [-0.05, 0) is 47.3 Å². The Morgan fingerprint density at radius 1 is 0.966 bits per heavy atom. The van der Waals surface area contributed by atoms with Gasteiger partial charge in [-0.25, -0.2) is 0 Å². The second-order valence-corrected chi connectivity index (χ2v) is 6.93. The molecule has 0 unspecified atom stereocenters. The van der Waals surface area contributed by atoms with Crippen LogP contribution in [-0.2, 0) is 7.05 Å². The van der Waals surface area contributed by atoms with Crippen LogP contribution in [0.15, 0.2) is 79.3 Å². The standard InChI is InChI=1S/C24H17N5/c1-29-11-8-16-6-7-17(12-23(16)29)20-13-19(14-22-24(20)27-10-9-26-22)28-21-5-3-2-4-18(21)15-25/h2-14,28H,1H3. The Morgan fingerprint density at radius 2 is 1.83 bits per heavy atom. The van der Waals surface area contributed by atoms with Crippen LogP contribution >= 0.6 is 0 Å². The first kappa shape index (κ1) is 17.0. The van der Waals surface area contributed by atoms with Crippen molar-refractivity contribution in [2.45, 2.75) is 0 Å². The summed E-state index contributed by atoms with van der Waals surface area (Å²) in [4.78, 5) is 9.09. The van der Waals surface area contributed by atoms with E-state index in [1.807, 2.05) is 31.3 Å². The second kappa shape index (κ2) is 6.77. The summed E-state index contributed by atoms with van der Waals surface area (Å²) in [5, 5.41) is 14.0. The molecule has 2 aromatic heterocycles. The Labute approximate surface area is 167 Å². The topological polar surface area (TPSA) is 66.5 Å². The fraction of sp³-hybridized carbons (Fsp3) is 0.0417. The molecule has 1 N–H and O–H groups in total. The molecule has 29 heavy (non-hydrogen) atoms. The molecule has 0 aliphatic heterocycles. The lowest BCUT2D eigenvalue weighted by Crippen LogP contribution is -1.96. The molecule has 138 valence electrons. The average molecular weight is 375 g/mol. The highest BCUT2D eigenvalue weighted by molar-refractivity contribution is 5.97. The SMILES string of the molecule is Cn1ccc2ccc(-c3cc(Nc4ccccc4C#N)cc4nccnc34)cc21. The van der Waals surface area contributed by atoms with Gasteiger partial charge in [0, 0.05) is 42.4 Å². The molecule has 2 heterocycles. The van der Waals surface area contributed by atoms with Crippen molar-refractivity contribution in [1.29, 1.82) is 5.26 Å². The Kier molecular flexibility index (Phi) is 3.96. The highest BCUT2D eigenvalue weighted by Crippen LogP contribution is 2.33. The van der Waals surface area contributed by atoms with Crippen molar-refractivity contribution in [3.05, 3.63) is 84.8 Å². The molecule has 5 aromatic rings. The summed E-state index contributed by atoms with van der Waals surface area (Å²) < 4.78 is 2.11.